The summed E-state index contributed by atoms with van der Waals surface area (Å²) in [5.74, 6) is -0.546. The zero-order valence-electron chi connectivity index (χ0n) is 11.0. The van der Waals surface area contributed by atoms with E-state index in [1.807, 2.05) is 0 Å². The highest BCUT2D eigenvalue weighted by molar-refractivity contribution is 7.89. The van der Waals surface area contributed by atoms with Crippen molar-refractivity contribution < 1.29 is 17.9 Å². The van der Waals surface area contributed by atoms with Crippen LogP contribution in [0.5, 0.6) is 0 Å². The molecule has 0 heterocycles. The highest BCUT2D eigenvalue weighted by atomic mass is 32.2. The zero-order valence-corrected chi connectivity index (χ0v) is 11.8. The van der Waals surface area contributed by atoms with E-state index in [0.717, 1.165) is 6.07 Å². The fourth-order valence-electron chi connectivity index (χ4n) is 1.41. The second-order valence-corrected chi connectivity index (χ2v) is 6.13. The number of sulfonamides is 1. The Hall–Kier alpha value is -1.02. The summed E-state index contributed by atoms with van der Waals surface area (Å²) in [5.41, 5.74) is 0.401. The predicted octanol–water partition coefficient (Wildman–Crippen LogP) is 0.383. The van der Waals surface area contributed by atoms with E-state index in [1.165, 1.54) is 12.1 Å². The minimum atomic E-state index is -3.69. The van der Waals surface area contributed by atoms with Crippen LogP contribution in [0.4, 0.5) is 4.39 Å². The van der Waals surface area contributed by atoms with Crippen LogP contribution in [0.3, 0.4) is 0 Å². The summed E-state index contributed by atoms with van der Waals surface area (Å²) in [5, 5.41) is 11.9. The molecule has 0 aliphatic heterocycles. The topological polar surface area (TPSA) is 78.4 Å². The number of aryl methyl sites for hydroxylation is 1. The molecular formula is C12H19FN2O3S. The Morgan fingerprint density at radius 2 is 2.05 bits per heavy atom. The van der Waals surface area contributed by atoms with Crippen molar-refractivity contribution in [2.75, 3.05) is 19.6 Å². The summed E-state index contributed by atoms with van der Waals surface area (Å²) in [6.07, 6.45) is -0.484. The Morgan fingerprint density at radius 1 is 1.37 bits per heavy atom. The van der Waals surface area contributed by atoms with Crippen molar-refractivity contribution in [3.8, 4) is 0 Å². The van der Waals surface area contributed by atoms with Gasteiger partial charge in [0.05, 0.1) is 11.0 Å². The molecule has 0 aromatic heterocycles. The maximum atomic E-state index is 13.3. The molecule has 0 aliphatic rings. The van der Waals surface area contributed by atoms with Crippen molar-refractivity contribution in [2.24, 2.45) is 0 Å². The molecule has 1 aromatic carbocycles. The van der Waals surface area contributed by atoms with Gasteiger partial charge in [0.1, 0.15) is 5.82 Å². The molecule has 3 N–H and O–H groups in total. The Labute approximate surface area is 112 Å². The quantitative estimate of drug-likeness (QED) is 0.635. The van der Waals surface area contributed by atoms with Gasteiger partial charge in [0.2, 0.25) is 10.0 Å². The fourth-order valence-corrected chi connectivity index (χ4v) is 2.45. The third-order valence-corrected chi connectivity index (χ3v) is 3.95. The summed E-state index contributed by atoms with van der Waals surface area (Å²) in [7, 11) is -3.69. The van der Waals surface area contributed by atoms with E-state index in [0.29, 0.717) is 18.7 Å². The first kappa shape index (κ1) is 16.0. The molecule has 108 valence electrons. The van der Waals surface area contributed by atoms with Gasteiger partial charge in [-0.15, -0.1) is 0 Å². The number of halogens is 1. The van der Waals surface area contributed by atoms with Gasteiger partial charge in [0.25, 0.3) is 0 Å². The lowest BCUT2D eigenvalue weighted by Crippen LogP contribution is -2.34. The van der Waals surface area contributed by atoms with Crippen molar-refractivity contribution in [1.29, 1.82) is 0 Å². The maximum Gasteiger partial charge on any atom is 0.240 e. The molecule has 0 fully saturated rings. The standard InChI is InChI=1S/C12H19FN2O3S/c1-9-3-4-11(7-12(9)13)19(17,18)15-6-5-14-8-10(2)16/h3-4,7,10,14-16H,5-6,8H2,1-2H3. The highest BCUT2D eigenvalue weighted by Crippen LogP contribution is 2.13. The van der Waals surface area contributed by atoms with Gasteiger partial charge in [-0.05, 0) is 31.5 Å². The largest absolute Gasteiger partial charge is 0.392 e. The highest BCUT2D eigenvalue weighted by Gasteiger charge is 2.14. The van der Waals surface area contributed by atoms with Crippen LogP contribution in [-0.4, -0.2) is 39.3 Å². The first-order valence-corrected chi connectivity index (χ1v) is 7.46. The zero-order chi connectivity index (χ0) is 14.5. The van der Waals surface area contributed by atoms with E-state index < -0.39 is 21.9 Å². The Bertz CT molecular complexity index is 518. The van der Waals surface area contributed by atoms with Crippen molar-refractivity contribution in [3.63, 3.8) is 0 Å². The van der Waals surface area contributed by atoms with E-state index in [1.54, 1.807) is 13.8 Å². The molecule has 0 saturated carbocycles. The van der Waals surface area contributed by atoms with Crippen LogP contribution in [0.25, 0.3) is 0 Å². The predicted molar refractivity (Wildman–Crippen MR) is 70.9 cm³/mol. The molecule has 19 heavy (non-hydrogen) atoms. The number of benzene rings is 1. The van der Waals surface area contributed by atoms with Crippen molar-refractivity contribution >= 4 is 10.0 Å². The number of aliphatic hydroxyl groups is 1. The van der Waals surface area contributed by atoms with E-state index in [-0.39, 0.29) is 11.4 Å². The monoisotopic (exact) mass is 290 g/mol. The molecule has 0 bridgehead atoms. The lowest BCUT2D eigenvalue weighted by molar-refractivity contribution is 0.192. The molecule has 0 spiro atoms. The third-order valence-electron chi connectivity index (χ3n) is 2.49. The molecule has 5 nitrogen and oxygen atoms in total. The van der Waals surface area contributed by atoms with E-state index in [2.05, 4.69) is 10.0 Å². The number of hydrogen-bond donors (Lipinski definition) is 3. The second kappa shape index (κ2) is 6.95. The molecule has 1 atom stereocenters. The summed E-state index contributed by atoms with van der Waals surface area (Å²) in [6.45, 7) is 4.15. The van der Waals surface area contributed by atoms with Gasteiger partial charge in [-0.2, -0.15) is 0 Å². The van der Waals surface area contributed by atoms with Crippen LogP contribution in [0.1, 0.15) is 12.5 Å². The van der Waals surface area contributed by atoms with Crippen LogP contribution < -0.4 is 10.0 Å². The van der Waals surface area contributed by atoms with Gasteiger partial charge >= 0.3 is 0 Å². The number of rotatable bonds is 7. The molecule has 0 amide bonds. The van der Waals surface area contributed by atoms with Gasteiger partial charge in [-0.1, -0.05) is 6.07 Å². The van der Waals surface area contributed by atoms with Crippen molar-refractivity contribution in [3.05, 3.63) is 29.6 Å². The Morgan fingerprint density at radius 3 is 2.63 bits per heavy atom. The Kier molecular flexibility index (Phi) is 5.86. The molecular weight excluding hydrogens is 271 g/mol. The molecule has 1 rings (SSSR count). The third kappa shape index (κ3) is 5.23. The van der Waals surface area contributed by atoms with Crippen molar-refractivity contribution in [1.82, 2.24) is 10.0 Å². The van der Waals surface area contributed by atoms with Crippen LogP contribution in [0.2, 0.25) is 0 Å². The molecule has 1 aromatic rings. The molecule has 0 aliphatic carbocycles. The maximum absolute atomic E-state index is 13.3. The minimum Gasteiger partial charge on any atom is -0.392 e. The average Bonchev–Trinajstić information content (AvgIpc) is 2.31. The molecule has 0 saturated heterocycles. The van der Waals surface area contributed by atoms with Gasteiger partial charge in [-0.25, -0.2) is 17.5 Å². The Balaban J connectivity index is 2.54. The molecule has 1 unspecified atom stereocenters. The molecule has 7 heteroatoms. The summed E-state index contributed by atoms with van der Waals surface area (Å²) in [4.78, 5) is -0.0915. The van der Waals surface area contributed by atoms with Gasteiger partial charge in [-0.3, -0.25) is 0 Å². The van der Waals surface area contributed by atoms with Crippen LogP contribution >= 0.6 is 0 Å². The lowest BCUT2D eigenvalue weighted by atomic mass is 10.2. The van der Waals surface area contributed by atoms with Gasteiger partial charge < -0.3 is 10.4 Å². The van der Waals surface area contributed by atoms with Gasteiger partial charge in [0, 0.05) is 19.6 Å². The number of nitrogens with one attached hydrogen (secondary N) is 2. The van der Waals surface area contributed by atoms with E-state index in [9.17, 15) is 12.8 Å². The van der Waals surface area contributed by atoms with Crippen LogP contribution in [-0.2, 0) is 10.0 Å². The normalized spacial score (nSPS) is 13.5. The van der Waals surface area contributed by atoms with Crippen LogP contribution in [0.15, 0.2) is 23.1 Å². The smallest absolute Gasteiger partial charge is 0.240 e. The number of aliphatic hydroxyl groups excluding tert-OH is 1. The van der Waals surface area contributed by atoms with Gasteiger partial charge in [0.15, 0.2) is 0 Å². The summed E-state index contributed by atoms with van der Waals surface area (Å²) >= 11 is 0. The van der Waals surface area contributed by atoms with Crippen molar-refractivity contribution in [2.45, 2.75) is 24.8 Å². The fraction of sp³-hybridized carbons (Fsp3) is 0.500. The average molecular weight is 290 g/mol. The SMILES string of the molecule is Cc1ccc(S(=O)(=O)NCCNCC(C)O)cc1F. The molecule has 0 radical (unpaired) electrons. The first-order valence-electron chi connectivity index (χ1n) is 5.97. The number of hydrogen-bond acceptors (Lipinski definition) is 4. The summed E-state index contributed by atoms with van der Waals surface area (Å²) in [6, 6.07) is 3.79. The summed E-state index contributed by atoms with van der Waals surface area (Å²) < 4.78 is 39.3. The van der Waals surface area contributed by atoms with Crippen LogP contribution in [0, 0.1) is 12.7 Å². The van der Waals surface area contributed by atoms with E-state index in [4.69, 9.17) is 5.11 Å². The first-order chi connectivity index (χ1) is 8.83. The second-order valence-electron chi connectivity index (χ2n) is 4.36. The lowest BCUT2D eigenvalue weighted by Gasteiger charge is -2.09. The minimum absolute atomic E-state index is 0.0915. The van der Waals surface area contributed by atoms with E-state index >= 15 is 0 Å².